The number of amides is 2. The summed E-state index contributed by atoms with van der Waals surface area (Å²) >= 11 is 0. The second-order valence-corrected chi connectivity index (χ2v) is 5.83. The molecule has 1 aromatic carbocycles. The normalized spacial score (nSPS) is 16.1. The number of nitrogens with zero attached hydrogens (tertiary/aromatic N) is 1. The summed E-state index contributed by atoms with van der Waals surface area (Å²) in [5, 5.41) is 2.85. The molecular formula is C17H24N2O4. The van der Waals surface area contributed by atoms with Crippen LogP contribution in [0, 0.1) is 5.92 Å². The van der Waals surface area contributed by atoms with Crippen LogP contribution < -0.4 is 10.1 Å². The van der Waals surface area contributed by atoms with Gasteiger partial charge in [0.15, 0.2) is 0 Å². The number of carbonyl (C=O) groups is 2. The van der Waals surface area contributed by atoms with Gasteiger partial charge in [0.25, 0.3) is 5.91 Å². The van der Waals surface area contributed by atoms with Crippen LogP contribution in [0.4, 0.5) is 0 Å². The van der Waals surface area contributed by atoms with Gasteiger partial charge in [0.05, 0.1) is 25.9 Å². The van der Waals surface area contributed by atoms with Gasteiger partial charge in [0.1, 0.15) is 11.8 Å². The van der Waals surface area contributed by atoms with Gasteiger partial charge in [-0.05, 0) is 18.1 Å². The lowest BCUT2D eigenvalue weighted by Crippen LogP contribution is -2.53. The molecule has 0 radical (unpaired) electrons. The van der Waals surface area contributed by atoms with E-state index in [1.807, 2.05) is 13.8 Å². The van der Waals surface area contributed by atoms with Crippen LogP contribution in [-0.2, 0) is 9.53 Å². The van der Waals surface area contributed by atoms with Gasteiger partial charge in [0, 0.05) is 13.1 Å². The van der Waals surface area contributed by atoms with Gasteiger partial charge >= 0.3 is 0 Å². The molecule has 2 rings (SSSR count). The molecule has 1 fully saturated rings. The Morgan fingerprint density at radius 2 is 1.87 bits per heavy atom. The summed E-state index contributed by atoms with van der Waals surface area (Å²) in [7, 11) is 1.52. The van der Waals surface area contributed by atoms with E-state index in [1.165, 1.54) is 7.11 Å². The van der Waals surface area contributed by atoms with E-state index in [-0.39, 0.29) is 17.7 Å². The number of rotatable bonds is 5. The van der Waals surface area contributed by atoms with E-state index in [4.69, 9.17) is 9.47 Å². The average Bonchev–Trinajstić information content (AvgIpc) is 2.59. The number of para-hydroxylation sites is 1. The smallest absolute Gasteiger partial charge is 0.255 e. The van der Waals surface area contributed by atoms with Crippen molar-refractivity contribution in [3.8, 4) is 5.75 Å². The zero-order valence-corrected chi connectivity index (χ0v) is 13.9. The lowest BCUT2D eigenvalue weighted by molar-refractivity contribution is -0.138. The molecule has 1 heterocycles. The molecule has 6 heteroatoms. The second-order valence-electron chi connectivity index (χ2n) is 5.83. The minimum atomic E-state index is -0.564. The standard InChI is InChI=1S/C17H24N2O4/c1-12(2)15(17(21)19-8-10-23-11-9-19)18-16(20)13-6-4-5-7-14(13)22-3/h4-7,12,15H,8-11H2,1-3H3,(H,18,20)/t15-/m1/s1. The van der Waals surface area contributed by atoms with Crippen LogP contribution in [0.3, 0.4) is 0 Å². The van der Waals surface area contributed by atoms with Crippen molar-refractivity contribution in [2.45, 2.75) is 19.9 Å². The monoisotopic (exact) mass is 320 g/mol. The Bertz CT molecular complexity index is 553. The number of benzene rings is 1. The number of methoxy groups -OCH3 is 1. The fourth-order valence-corrected chi connectivity index (χ4v) is 2.55. The van der Waals surface area contributed by atoms with Crippen molar-refractivity contribution < 1.29 is 19.1 Å². The van der Waals surface area contributed by atoms with Gasteiger partial charge in [-0.1, -0.05) is 26.0 Å². The highest BCUT2D eigenvalue weighted by molar-refractivity contribution is 5.99. The molecule has 0 aliphatic carbocycles. The van der Waals surface area contributed by atoms with Crippen molar-refractivity contribution in [1.82, 2.24) is 10.2 Å². The first-order valence-corrected chi connectivity index (χ1v) is 7.85. The lowest BCUT2D eigenvalue weighted by atomic mass is 10.0. The third-order valence-corrected chi connectivity index (χ3v) is 3.89. The number of ether oxygens (including phenoxy) is 2. The van der Waals surface area contributed by atoms with E-state index >= 15 is 0 Å². The van der Waals surface area contributed by atoms with E-state index in [0.717, 1.165) is 0 Å². The molecule has 23 heavy (non-hydrogen) atoms. The Hall–Kier alpha value is -2.08. The second kappa shape index (κ2) is 7.97. The van der Waals surface area contributed by atoms with Crippen LogP contribution in [0.25, 0.3) is 0 Å². The first-order valence-electron chi connectivity index (χ1n) is 7.85. The fourth-order valence-electron chi connectivity index (χ4n) is 2.55. The number of hydrogen-bond donors (Lipinski definition) is 1. The third kappa shape index (κ3) is 4.22. The molecule has 126 valence electrons. The summed E-state index contributed by atoms with van der Waals surface area (Å²) < 4.78 is 10.5. The van der Waals surface area contributed by atoms with Gasteiger partial charge < -0.3 is 19.7 Å². The van der Waals surface area contributed by atoms with Crippen molar-refractivity contribution >= 4 is 11.8 Å². The Morgan fingerprint density at radius 1 is 1.22 bits per heavy atom. The minimum absolute atomic E-state index is 0.0102. The minimum Gasteiger partial charge on any atom is -0.496 e. The van der Waals surface area contributed by atoms with E-state index in [9.17, 15) is 9.59 Å². The van der Waals surface area contributed by atoms with Crippen molar-refractivity contribution in [2.24, 2.45) is 5.92 Å². The lowest BCUT2D eigenvalue weighted by Gasteiger charge is -2.32. The predicted molar refractivity (Wildman–Crippen MR) is 86.5 cm³/mol. The van der Waals surface area contributed by atoms with Gasteiger partial charge in [-0.3, -0.25) is 9.59 Å². The summed E-state index contributed by atoms with van der Waals surface area (Å²) in [4.78, 5) is 27.0. The van der Waals surface area contributed by atoms with Crippen LogP contribution in [0.15, 0.2) is 24.3 Å². The number of morpholine rings is 1. The molecule has 0 bridgehead atoms. The molecule has 1 saturated heterocycles. The molecule has 0 spiro atoms. The van der Waals surface area contributed by atoms with E-state index < -0.39 is 6.04 Å². The molecule has 1 aliphatic rings. The van der Waals surface area contributed by atoms with Gasteiger partial charge in [0.2, 0.25) is 5.91 Å². The van der Waals surface area contributed by atoms with Crippen molar-refractivity contribution in [3.63, 3.8) is 0 Å². The molecule has 0 saturated carbocycles. The average molecular weight is 320 g/mol. The highest BCUT2D eigenvalue weighted by Gasteiger charge is 2.30. The first-order chi connectivity index (χ1) is 11.0. The van der Waals surface area contributed by atoms with Crippen molar-refractivity contribution in [3.05, 3.63) is 29.8 Å². The summed E-state index contributed by atoms with van der Waals surface area (Å²) in [5.41, 5.74) is 0.426. The number of nitrogens with one attached hydrogen (secondary N) is 1. The molecule has 1 aliphatic heterocycles. The zero-order valence-electron chi connectivity index (χ0n) is 13.9. The highest BCUT2D eigenvalue weighted by atomic mass is 16.5. The quantitative estimate of drug-likeness (QED) is 0.888. The van der Waals surface area contributed by atoms with Crippen LogP contribution >= 0.6 is 0 Å². The maximum absolute atomic E-state index is 12.7. The molecule has 0 aromatic heterocycles. The Morgan fingerprint density at radius 3 is 2.48 bits per heavy atom. The topological polar surface area (TPSA) is 67.9 Å². The predicted octanol–water partition coefficient (Wildman–Crippen LogP) is 1.31. The maximum atomic E-state index is 12.7. The molecule has 0 unspecified atom stereocenters. The van der Waals surface area contributed by atoms with Crippen LogP contribution in [0.2, 0.25) is 0 Å². The van der Waals surface area contributed by atoms with Gasteiger partial charge in [-0.25, -0.2) is 0 Å². The van der Waals surface area contributed by atoms with Gasteiger partial charge in [-0.15, -0.1) is 0 Å². The van der Waals surface area contributed by atoms with E-state index in [1.54, 1.807) is 29.2 Å². The summed E-state index contributed by atoms with van der Waals surface area (Å²) in [6.07, 6.45) is 0. The SMILES string of the molecule is COc1ccccc1C(=O)N[C@@H](C(=O)N1CCOCC1)C(C)C. The molecule has 2 amide bonds. The maximum Gasteiger partial charge on any atom is 0.255 e. The zero-order chi connectivity index (χ0) is 16.8. The van der Waals surface area contributed by atoms with Crippen molar-refractivity contribution in [1.29, 1.82) is 0 Å². The van der Waals surface area contributed by atoms with Crippen molar-refractivity contribution in [2.75, 3.05) is 33.4 Å². The number of carbonyl (C=O) groups excluding carboxylic acids is 2. The summed E-state index contributed by atoms with van der Waals surface area (Å²) in [5.74, 6) is 0.115. The third-order valence-electron chi connectivity index (χ3n) is 3.89. The van der Waals surface area contributed by atoms with Gasteiger partial charge in [-0.2, -0.15) is 0 Å². The van der Waals surface area contributed by atoms with Crippen LogP contribution in [-0.4, -0.2) is 56.2 Å². The van der Waals surface area contributed by atoms with E-state index in [0.29, 0.717) is 37.6 Å². The molecule has 1 N–H and O–H groups in total. The van der Waals surface area contributed by atoms with E-state index in [2.05, 4.69) is 5.32 Å². The fraction of sp³-hybridized carbons (Fsp3) is 0.529. The molecule has 6 nitrogen and oxygen atoms in total. The molecule has 1 aromatic rings. The Balaban J connectivity index is 2.12. The van der Waals surface area contributed by atoms with Crippen LogP contribution in [0.1, 0.15) is 24.2 Å². The Kier molecular flexibility index (Phi) is 5.98. The largest absolute Gasteiger partial charge is 0.496 e. The molecular weight excluding hydrogens is 296 g/mol. The summed E-state index contributed by atoms with van der Waals surface area (Å²) in [6.45, 7) is 6.05. The summed E-state index contributed by atoms with van der Waals surface area (Å²) in [6, 6.07) is 6.42. The molecule has 1 atom stereocenters. The number of hydrogen-bond acceptors (Lipinski definition) is 4. The first kappa shape index (κ1) is 17.3. The van der Waals surface area contributed by atoms with Crippen LogP contribution in [0.5, 0.6) is 5.75 Å². The Labute approximate surface area is 136 Å². The highest BCUT2D eigenvalue weighted by Crippen LogP contribution is 2.18.